The first-order valence-corrected chi connectivity index (χ1v) is 6.04. The average molecular weight is 284 g/mol. The summed E-state index contributed by atoms with van der Waals surface area (Å²) in [5, 5.41) is 0.241. The zero-order chi connectivity index (χ0) is 13.8. The van der Waals surface area contributed by atoms with Gasteiger partial charge >= 0.3 is 0 Å². The highest BCUT2D eigenvalue weighted by Gasteiger charge is 2.10. The van der Waals surface area contributed by atoms with E-state index in [9.17, 15) is 8.78 Å². The lowest BCUT2D eigenvalue weighted by molar-refractivity contribution is 0.287. The molecule has 2 N–H and O–H groups in total. The molecule has 2 aromatic rings. The van der Waals surface area contributed by atoms with Crippen LogP contribution in [-0.4, -0.2) is 0 Å². The minimum Gasteiger partial charge on any atom is -0.485 e. The molecule has 0 saturated carbocycles. The third-order valence-electron chi connectivity index (χ3n) is 2.66. The molecule has 0 unspecified atom stereocenters. The van der Waals surface area contributed by atoms with E-state index in [0.29, 0.717) is 11.1 Å². The monoisotopic (exact) mass is 283 g/mol. The van der Waals surface area contributed by atoms with Crippen LogP contribution in [0.3, 0.4) is 0 Å². The first-order valence-electron chi connectivity index (χ1n) is 5.66. The highest BCUT2D eigenvalue weighted by molar-refractivity contribution is 6.31. The van der Waals surface area contributed by atoms with E-state index in [-0.39, 0.29) is 23.9 Å². The SMILES string of the molecule is NCc1cccc(F)c1OCc1ccc(F)cc1Cl. The highest BCUT2D eigenvalue weighted by atomic mass is 35.5. The summed E-state index contributed by atoms with van der Waals surface area (Å²) in [4.78, 5) is 0. The first kappa shape index (κ1) is 13.8. The topological polar surface area (TPSA) is 35.2 Å². The average Bonchev–Trinajstić information content (AvgIpc) is 2.39. The largest absolute Gasteiger partial charge is 0.485 e. The molecule has 0 spiro atoms. The molecule has 2 nitrogen and oxygen atoms in total. The molecule has 0 heterocycles. The van der Waals surface area contributed by atoms with Gasteiger partial charge in [-0.25, -0.2) is 8.78 Å². The summed E-state index contributed by atoms with van der Waals surface area (Å²) in [6.07, 6.45) is 0. The van der Waals surface area contributed by atoms with Gasteiger partial charge in [0.25, 0.3) is 0 Å². The van der Waals surface area contributed by atoms with Gasteiger partial charge in [-0.15, -0.1) is 0 Å². The van der Waals surface area contributed by atoms with Gasteiger partial charge in [0.1, 0.15) is 12.4 Å². The second-order valence-corrected chi connectivity index (χ2v) is 4.36. The number of ether oxygens (including phenoxy) is 1. The van der Waals surface area contributed by atoms with Crippen LogP contribution in [0, 0.1) is 11.6 Å². The van der Waals surface area contributed by atoms with Crippen LogP contribution in [0.5, 0.6) is 5.75 Å². The Labute approximate surface area is 114 Å². The van der Waals surface area contributed by atoms with Crippen molar-refractivity contribution in [3.8, 4) is 5.75 Å². The molecule has 0 saturated heterocycles. The standard InChI is InChI=1S/C14H12ClF2NO/c15-12-6-11(16)5-4-10(12)8-19-14-9(7-18)2-1-3-13(14)17/h1-6H,7-8,18H2. The van der Waals surface area contributed by atoms with E-state index in [4.69, 9.17) is 22.1 Å². The van der Waals surface area contributed by atoms with E-state index >= 15 is 0 Å². The molecule has 0 aliphatic carbocycles. The zero-order valence-electron chi connectivity index (χ0n) is 10.00. The molecule has 19 heavy (non-hydrogen) atoms. The fraction of sp³-hybridized carbons (Fsp3) is 0.143. The Hall–Kier alpha value is -1.65. The van der Waals surface area contributed by atoms with E-state index in [2.05, 4.69) is 0 Å². The van der Waals surface area contributed by atoms with Crippen molar-refractivity contribution in [1.82, 2.24) is 0 Å². The Kier molecular flexibility index (Phi) is 4.35. The predicted molar refractivity (Wildman–Crippen MR) is 70.0 cm³/mol. The van der Waals surface area contributed by atoms with E-state index in [1.54, 1.807) is 12.1 Å². The normalized spacial score (nSPS) is 10.5. The minimum absolute atomic E-state index is 0.0487. The Morgan fingerprint density at radius 1 is 1.11 bits per heavy atom. The van der Waals surface area contributed by atoms with Gasteiger partial charge in [0.15, 0.2) is 11.6 Å². The smallest absolute Gasteiger partial charge is 0.165 e. The van der Waals surface area contributed by atoms with Gasteiger partial charge in [0, 0.05) is 17.7 Å². The summed E-state index contributed by atoms with van der Waals surface area (Å²) in [6, 6.07) is 8.50. The molecule has 100 valence electrons. The van der Waals surface area contributed by atoms with Crippen LogP contribution >= 0.6 is 11.6 Å². The maximum Gasteiger partial charge on any atom is 0.165 e. The van der Waals surface area contributed by atoms with Crippen LogP contribution < -0.4 is 10.5 Å². The van der Waals surface area contributed by atoms with Gasteiger partial charge in [0.2, 0.25) is 0 Å². The highest BCUT2D eigenvalue weighted by Crippen LogP contribution is 2.25. The molecule has 2 aromatic carbocycles. The lowest BCUT2D eigenvalue weighted by Gasteiger charge is -2.12. The van der Waals surface area contributed by atoms with Crippen LogP contribution in [0.15, 0.2) is 36.4 Å². The summed E-state index contributed by atoms with van der Waals surface area (Å²) in [7, 11) is 0. The Morgan fingerprint density at radius 2 is 1.89 bits per heavy atom. The van der Waals surface area contributed by atoms with Gasteiger partial charge in [-0.1, -0.05) is 29.8 Å². The van der Waals surface area contributed by atoms with Crippen molar-refractivity contribution in [2.24, 2.45) is 5.73 Å². The van der Waals surface area contributed by atoms with Crippen molar-refractivity contribution < 1.29 is 13.5 Å². The van der Waals surface area contributed by atoms with Crippen molar-refractivity contribution in [1.29, 1.82) is 0 Å². The van der Waals surface area contributed by atoms with Crippen LogP contribution in [0.1, 0.15) is 11.1 Å². The summed E-state index contributed by atoms with van der Waals surface area (Å²) < 4.78 is 31.9. The Balaban J connectivity index is 2.19. The van der Waals surface area contributed by atoms with E-state index in [0.717, 1.165) is 0 Å². The van der Waals surface area contributed by atoms with Crippen LogP contribution in [0.4, 0.5) is 8.78 Å². The number of hydrogen-bond acceptors (Lipinski definition) is 2. The van der Waals surface area contributed by atoms with Gasteiger partial charge in [0.05, 0.1) is 5.02 Å². The van der Waals surface area contributed by atoms with Crippen molar-refractivity contribution in [2.75, 3.05) is 0 Å². The third-order valence-corrected chi connectivity index (χ3v) is 3.01. The van der Waals surface area contributed by atoms with Crippen molar-refractivity contribution >= 4 is 11.6 Å². The molecule has 0 aliphatic rings. The molecule has 0 bridgehead atoms. The number of benzene rings is 2. The van der Waals surface area contributed by atoms with Gasteiger partial charge in [-0.05, 0) is 18.2 Å². The molecule has 0 aromatic heterocycles. The first-order chi connectivity index (χ1) is 9.11. The van der Waals surface area contributed by atoms with E-state index < -0.39 is 11.6 Å². The maximum atomic E-state index is 13.6. The molecule has 0 atom stereocenters. The summed E-state index contributed by atoms with van der Waals surface area (Å²) in [5.41, 5.74) is 6.66. The lowest BCUT2D eigenvalue weighted by Crippen LogP contribution is -2.05. The fourth-order valence-corrected chi connectivity index (χ4v) is 1.89. The van der Waals surface area contributed by atoms with E-state index in [1.165, 1.54) is 24.3 Å². The van der Waals surface area contributed by atoms with Crippen molar-refractivity contribution in [2.45, 2.75) is 13.2 Å². The Bertz CT molecular complexity index is 590. The van der Waals surface area contributed by atoms with Gasteiger partial charge in [-0.2, -0.15) is 0 Å². The van der Waals surface area contributed by atoms with Crippen molar-refractivity contribution in [3.05, 3.63) is 64.2 Å². The summed E-state index contributed by atoms with van der Waals surface area (Å²) in [5.74, 6) is -0.811. The maximum absolute atomic E-state index is 13.6. The summed E-state index contributed by atoms with van der Waals surface area (Å²) >= 11 is 5.87. The second kappa shape index (κ2) is 5.99. The number of hydrogen-bond donors (Lipinski definition) is 1. The van der Waals surface area contributed by atoms with Crippen LogP contribution in [0.25, 0.3) is 0 Å². The minimum atomic E-state index is -0.485. The zero-order valence-corrected chi connectivity index (χ0v) is 10.8. The quantitative estimate of drug-likeness (QED) is 0.929. The molecule has 0 fully saturated rings. The number of rotatable bonds is 4. The molecule has 0 radical (unpaired) electrons. The third kappa shape index (κ3) is 3.22. The molecule has 0 amide bonds. The second-order valence-electron chi connectivity index (χ2n) is 3.96. The molecular weight excluding hydrogens is 272 g/mol. The fourth-order valence-electron chi connectivity index (χ4n) is 1.66. The molecule has 2 rings (SSSR count). The molecular formula is C14H12ClF2NO. The summed E-state index contributed by atoms with van der Waals surface area (Å²) in [6.45, 7) is 0.220. The molecule has 5 heteroatoms. The molecule has 0 aliphatic heterocycles. The van der Waals surface area contributed by atoms with Gasteiger partial charge in [-0.3, -0.25) is 0 Å². The Morgan fingerprint density at radius 3 is 2.58 bits per heavy atom. The number of halogens is 3. The number of nitrogens with two attached hydrogens (primary N) is 1. The van der Waals surface area contributed by atoms with Crippen LogP contribution in [-0.2, 0) is 13.2 Å². The van der Waals surface area contributed by atoms with E-state index in [1.807, 2.05) is 0 Å². The number of para-hydroxylation sites is 1. The van der Waals surface area contributed by atoms with Gasteiger partial charge < -0.3 is 10.5 Å². The predicted octanol–water partition coefficient (Wildman–Crippen LogP) is 3.66. The lowest BCUT2D eigenvalue weighted by atomic mass is 10.2. The van der Waals surface area contributed by atoms with Crippen molar-refractivity contribution in [3.63, 3.8) is 0 Å². The van der Waals surface area contributed by atoms with Crippen LogP contribution in [0.2, 0.25) is 5.02 Å².